The Labute approximate surface area is 122 Å². The second-order valence-electron chi connectivity index (χ2n) is 6.64. The topological polar surface area (TPSA) is 46.6 Å². The summed E-state index contributed by atoms with van der Waals surface area (Å²) in [5.74, 6) is 1.35. The summed E-state index contributed by atoms with van der Waals surface area (Å²) in [6.07, 6.45) is 3.76. The zero-order chi connectivity index (χ0) is 15.3. The first-order valence-electron chi connectivity index (χ1n) is 7.70. The molecular weight excluding hydrogens is 254 g/mol. The molecule has 1 fully saturated rings. The Morgan fingerprint density at radius 3 is 2.40 bits per heavy atom. The molecule has 1 aliphatic rings. The first-order valence-corrected chi connectivity index (χ1v) is 7.70. The number of esters is 1. The quantitative estimate of drug-likeness (QED) is 0.729. The monoisotopic (exact) mass is 283 g/mol. The fourth-order valence-corrected chi connectivity index (χ4v) is 2.91. The van der Waals surface area contributed by atoms with Crippen LogP contribution in [-0.4, -0.2) is 37.0 Å². The lowest BCUT2D eigenvalue weighted by Crippen LogP contribution is -2.36. The number of rotatable bonds is 5. The van der Waals surface area contributed by atoms with Gasteiger partial charge in [-0.15, -0.1) is 0 Å². The lowest BCUT2D eigenvalue weighted by molar-refractivity contribution is -0.157. The Morgan fingerprint density at radius 2 is 1.85 bits per heavy atom. The summed E-state index contributed by atoms with van der Waals surface area (Å²) >= 11 is 0. The predicted octanol–water partition coefficient (Wildman–Crippen LogP) is 2.86. The normalized spacial score (nSPS) is 26.4. The van der Waals surface area contributed by atoms with Crippen molar-refractivity contribution >= 4 is 11.9 Å². The van der Waals surface area contributed by atoms with Gasteiger partial charge in [-0.2, -0.15) is 0 Å². The van der Waals surface area contributed by atoms with E-state index in [9.17, 15) is 9.59 Å². The molecule has 1 rings (SSSR count). The number of amides is 1. The summed E-state index contributed by atoms with van der Waals surface area (Å²) < 4.78 is 5.66. The molecule has 0 aromatic rings. The first kappa shape index (κ1) is 17.0. The maximum absolute atomic E-state index is 11.9. The summed E-state index contributed by atoms with van der Waals surface area (Å²) in [4.78, 5) is 24.9. The third kappa shape index (κ3) is 5.14. The van der Waals surface area contributed by atoms with Gasteiger partial charge in [-0.05, 0) is 30.6 Å². The zero-order valence-corrected chi connectivity index (χ0v) is 13.5. The van der Waals surface area contributed by atoms with E-state index in [2.05, 4.69) is 20.8 Å². The molecule has 4 nitrogen and oxygen atoms in total. The van der Waals surface area contributed by atoms with E-state index in [-0.39, 0.29) is 30.8 Å². The van der Waals surface area contributed by atoms with Crippen molar-refractivity contribution in [3.05, 3.63) is 0 Å². The summed E-state index contributed by atoms with van der Waals surface area (Å²) in [5, 5.41) is 0. The molecule has 0 radical (unpaired) electrons. The molecule has 0 N–H and O–H groups in total. The maximum Gasteiger partial charge on any atom is 0.306 e. The Kier molecular flexibility index (Phi) is 6.50. The minimum Gasteiger partial charge on any atom is -0.462 e. The number of hydrogen-bond donors (Lipinski definition) is 0. The Bertz CT molecular complexity index is 339. The molecule has 0 saturated heterocycles. The number of nitrogens with zero attached hydrogens (tertiary/aromatic N) is 1. The summed E-state index contributed by atoms with van der Waals surface area (Å²) in [6.45, 7) is 6.60. The van der Waals surface area contributed by atoms with Gasteiger partial charge in [-0.1, -0.05) is 27.2 Å². The molecular formula is C16H29NO3. The van der Waals surface area contributed by atoms with Crippen molar-refractivity contribution in [2.45, 2.75) is 59.0 Å². The number of carbonyl (C=O) groups is 2. The fraction of sp³-hybridized carbons (Fsp3) is 0.875. The van der Waals surface area contributed by atoms with Gasteiger partial charge in [0.25, 0.3) is 0 Å². The minimum atomic E-state index is -0.232. The largest absolute Gasteiger partial charge is 0.462 e. The van der Waals surface area contributed by atoms with Crippen LogP contribution in [0.25, 0.3) is 0 Å². The number of carbonyl (C=O) groups excluding carboxylic acids is 2. The van der Waals surface area contributed by atoms with Crippen LogP contribution in [0.2, 0.25) is 0 Å². The van der Waals surface area contributed by atoms with Crippen LogP contribution in [0.1, 0.15) is 52.9 Å². The molecule has 116 valence electrons. The molecule has 0 bridgehead atoms. The molecule has 0 aromatic heterocycles. The molecule has 1 aliphatic carbocycles. The van der Waals surface area contributed by atoms with Gasteiger partial charge in [0.1, 0.15) is 6.10 Å². The van der Waals surface area contributed by atoms with E-state index in [1.165, 1.54) is 11.3 Å². The SMILES string of the molecule is CC(C)[C@@H]1CC[C@@H](C)C[C@H]1OC(=O)CCC(=O)N(C)C. The number of ether oxygens (including phenoxy) is 1. The zero-order valence-electron chi connectivity index (χ0n) is 13.5. The van der Waals surface area contributed by atoms with Gasteiger partial charge in [-0.3, -0.25) is 9.59 Å². The van der Waals surface area contributed by atoms with Crippen molar-refractivity contribution in [2.24, 2.45) is 17.8 Å². The highest BCUT2D eigenvalue weighted by atomic mass is 16.5. The smallest absolute Gasteiger partial charge is 0.306 e. The molecule has 0 heterocycles. The average molecular weight is 283 g/mol. The van der Waals surface area contributed by atoms with Gasteiger partial charge in [0.05, 0.1) is 6.42 Å². The van der Waals surface area contributed by atoms with Gasteiger partial charge in [0.15, 0.2) is 0 Å². The Hall–Kier alpha value is -1.06. The van der Waals surface area contributed by atoms with Crippen LogP contribution in [0, 0.1) is 17.8 Å². The van der Waals surface area contributed by atoms with Crippen molar-refractivity contribution in [3.63, 3.8) is 0 Å². The molecule has 1 amide bonds. The summed E-state index contributed by atoms with van der Waals surface area (Å²) in [7, 11) is 3.40. The van der Waals surface area contributed by atoms with E-state index in [4.69, 9.17) is 4.74 Å². The second kappa shape index (κ2) is 7.65. The predicted molar refractivity (Wildman–Crippen MR) is 79.2 cm³/mol. The van der Waals surface area contributed by atoms with Crippen LogP contribution >= 0.6 is 0 Å². The standard InChI is InChI=1S/C16H29NO3/c1-11(2)13-7-6-12(3)10-14(13)20-16(19)9-8-15(18)17(4)5/h11-14H,6-10H2,1-5H3/t12-,13+,14-/m1/s1. The molecule has 3 atom stereocenters. The van der Waals surface area contributed by atoms with Gasteiger partial charge < -0.3 is 9.64 Å². The average Bonchev–Trinajstić information content (AvgIpc) is 2.35. The Balaban J connectivity index is 2.47. The van der Waals surface area contributed by atoms with E-state index in [1.807, 2.05) is 0 Å². The van der Waals surface area contributed by atoms with E-state index in [1.54, 1.807) is 14.1 Å². The Morgan fingerprint density at radius 1 is 1.20 bits per heavy atom. The van der Waals surface area contributed by atoms with E-state index >= 15 is 0 Å². The van der Waals surface area contributed by atoms with Crippen LogP contribution in [0.3, 0.4) is 0 Å². The van der Waals surface area contributed by atoms with Gasteiger partial charge >= 0.3 is 5.97 Å². The third-order valence-corrected chi connectivity index (χ3v) is 4.29. The fourth-order valence-electron chi connectivity index (χ4n) is 2.91. The van der Waals surface area contributed by atoms with Crippen molar-refractivity contribution in [2.75, 3.05) is 14.1 Å². The third-order valence-electron chi connectivity index (χ3n) is 4.29. The first-order chi connectivity index (χ1) is 9.31. The molecule has 0 spiro atoms. The number of hydrogen-bond acceptors (Lipinski definition) is 3. The lowest BCUT2D eigenvalue weighted by atomic mass is 9.75. The van der Waals surface area contributed by atoms with E-state index in [0.29, 0.717) is 17.8 Å². The van der Waals surface area contributed by atoms with E-state index in [0.717, 1.165) is 12.8 Å². The van der Waals surface area contributed by atoms with Crippen molar-refractivity contribution < 1.29 is 14.3 Å². The van der Waals surface area contributed by atoms with Crippen molar-refractivity contribution in [3.8, 4) is 0 Å². The van der Waals surface area contributed by atoms with Gasteiger partial charge in [0, 0.05) is 20.5 Å². The van der Waals surface area contributed by atoms with Gasteiger partial charge in [0.2, 0.25) is 5.91 Å². The van der Waals surface area contributed by atoms with Crippen LogP contribution in [0.15, 0.2) is 0 Å². The second-order valence-corrected chi connectivity index (χ2v) is 6.64. The van der Waals surface area contributed by atoms with Crippen molar-refractivity contribution in [1.82, 2.24) is 4.90 Å². The minimum absolute atomic E-state index is 0.0284. The molecule has 0 unspecified atom stereocenters. The lowest BCUT2D eigenvalue weighted by Gasteiger charge is -2.36. The molecule has 20 heavy (non-hydrogen) atoms. The molecule has 0 aromatic carbocycles. The highest BCUT2D eigenvalue weighted by Gasteiger charge is 2.33. The van der Waals surface area contributed by atoms with Gasteiger partial charge in [-0.25, -0.2) is 0 Å². The van der Waals surface area contributed by atoms with Crippen LogP contribution in [0.4, 0.5) is 0 Å². The van der Waals surface area contributed by atoms with Crippen LogP contribution < -0.4 is 0 Å². The molecule has 0 aliphatic heterocycles. The highest BCUT2D eigenvalue weighted by Crippen LogP contribution is 2.35. The van der Waals surface area contributed by atoms with Crippen LogP contribution in [0.5, 0.6) is 0 Å². The van der Waals surface area contributed by atoms with E-state index < -0.39 is 0 Å². The maximum atomic E-state index is 11.9. The summed E-state index contributed by atoms with van der Waals surface area (Å²) in [6, 6.07) is 0. The summed E-state index contributed by atoms with van der Waals surface area (Å²) in [5.41, 5.74) is 0. The van der Waals surface area contributed by atoms with Crippen molar-refractivity contribution in [1.29, 1.82) is 0 Å². The van der Waals surface area contributed by atoms with Crippen LogP contribution in [-0.2, 0) is 14.3 Å². The highest BCUT2D eigenvalue weighted by molar-refractivity contribution is 5.81. The molecule has 1 saturated carbocycles. The molecule has 4 heteroatoms.